The molecule has 0 atom stereocenters. The second-order valence-electron chi connectivity index (χ2n) is 5.02. The molecule has 0 saturated heterocycles. The number of rotatable bonds is 7. The second-order valence-corrected chi connectivity index (χ2v) is 5.02. The van der Waals surface area contributed by atoms with Crippen molar-refractivity contribution in [3.63, 3.8) is 0 Å². The Labute approximate surface area is 125 Å². The van der Waals surface area contributed by atoms with Gasteiger partial charge in [0, 0.05) is 27.7 Å². The van der Waals surface area contributed by atoms with Crippen molar-refractivity contribution in [1.29, 1.82) is 0 Å². The normalized spacial score (nSPS) is 10.5. The Kier molecular flexibility index (Phi) is 4.97. The summed E-state index contributed by atoms with van der Waals surface area (Å²) in [5, 5.41) is 3.20. The largest absolute Gasteiger partial charge is 0.467 e. The molecule has 0 unspecified atom stereocenters. The van der Waals surface area contributed by atoms with Crippen LogP contribution in [-0.4, -0.2) is 42.6 Å². The van der Waals surface area contributed by atoms with Crippen LogP contribution in [0.25, 0.3) is 0 Å². The van der Waals surface area contributed by atoms with Crippen LogP contribution in [0.5, 0.6) is 0 Å². The van der Waals surface area contributed by atoms with Crippen molar-refractivity contribution in [1.82, 2.24) is 15.0 Å². The van der Waals surface area contributed by atoms with Crippen molar-refractivity contribution in [2.45, 2.75) is 19.9 Å². The van der Waals surface area contributed by atoms with E-state index in [-0.39, 0.29) is 0 Å². The SMILES string of the molecule is CCCNc1nc(N(C)C)nc(N(C)Cc2ccco2)n1. The number of furan rings is 1. The number of nitrogens with zero attached hydrogens (tertiary/aromatic N) is 5. The first-order valence-electron chi connectivity index (χ1n) is 7.01. The molecule has 0 aromatic carbocycles. The van der Waals surface area contributed by atoms with Gasteiger partial charge in [-0.15, -0.1) is 0 Å². The zero-order valence-corrected chi connectivity index (χ0v) is 13.0. The highest BCUT2D eigenvalue weighted by molar-refractivity contribution is 5.44. The molecule has 7 heteroatoms. The predicted octanol–water partition coefficient (Wildman–Crippen LogP) is 1.99. The zero-order valence-electron chi connectivity index (χ0n) is 13.0. The monoisotopic (exact) mass is 290 g/mol. The molecule has 0 aliphatic carbocycles. The Morgan fingerprint density at radius 2 is 1.90 bits per heavy atom. The Balaban J connectivity index is 2.21. The minimum atomic E-state index is 0.594. The summed E-state index contributed by atoms with van der Waals surface area (Å²) >= 11 is 0. The number of nitrogens with one attached hydrogen (secondary N) is 1. The van der Waals surface area contributed by atoms with Gasteiger partial charge in [0.05, 0.1) is 12.8 Å². The minimum absolute atomic E-state index is 0.594. The van der Waals surface area contributed by atoms with Gasteiger partial charge in [0.25, 0.3) is 0 Å². The van der Waals surface area contributed by atoms with E-state index in [0.717, 1.165) is 18.7 Å². The minimum Gasteiger partial charge on any atom is -0.467 e. The smallest absolute Gasteiger partial charge is 0.232 e. The van der Waals surface area contributed by atoms with Crippen LogP contribution in [-0.2, 0) is 6.54 Å². The van der Waals surface area contributed by atoms with E-state index >= 15 is 0 Å². The van der Waals surface area contributed by atoms with Gasteiger partial charge in [-0.3, -0.25) is 0 Å². The van der Waals surface area contributed by atoms with Gasteiger partial charge in [0.15, 0.2) is 0 Å². The van der Waals surface area contributed by atoms with Crippen LogP contribution in [0, 0.1) is 0 Å². The summed E-state index contributed by atoms with van der Waals surface area (Å²) in [6.45, 7) is 3.54. The molecule has 114 valence electrons. The Hall–Kier alpha value is -2.31. The van der Waals surface area contributed by atoms with Crippen molar-refractivity contribution in [2.24, 2.45) is 0 Å². The lowest BCUT2D eigenvalue weighted by molar-refractivity contribution is 0.506. The van der Waals surface area contributed by atoms with Crippen LogP contribution in [0.4, 0.5) is 17.8 Å². The Morgan fingerprint density at radius 3 is 2.52 bits per heavy atom. The van der Waals surface area contributed by atoms with Crippen LogP contribution in [0.15, 0.2) is 22.8 Å². The molecule has 2 rings (SSSR count). The number of anilines is 3. The lowest BCUT2D eigenvalue weighted by Crippen LogP contribution is -2.23. The lowest BCUT2D eigenvalue weighted by atomic mass is 10.4. The van der Waals surface area contributed by atoms with E-state index in [4.69, 9.17) is 4.42 Å². The molecule has 0 spiro atoms. The van der Waals surface area contributed by atoms with Gasteiger partial charge in [0.2, 0.25) is 17.8 Å². The molecule has 0 amide bonds. The summed E-state index contributed by atoms with van der Waals surface area (Å²) in [6.07, 6.45) is 2.68. The maximum Gasteiger partial charge on any atom is 0.232 e. The average molecular weight is 290 g/mol. The van der Waals surface area contributed by atoms with Gasteiger partial charge in [-0.05, 0) is 18.6 Å². The van der Waals surface area contributed by atoms with E-state index in [1.807, 2.05) is 43.1 Å². The second kappa shape index (κ2) is 6.92. The lowest BCUT2D eigenvalue weighted by Gasteiger charge is -2.19. The molecule has 0 saturated carbocycles. The van der Waals surface area contributed by atoms with Gasteiger partial charge >= 0.3 is 0 Å². The third kappa shape index (κ3) is 4.08. The van der Waals surface area contributed by atoms with E-state index in [2.05, 4.69) is 27.2 Å². The highest BCUT2D eigenvalue weighted by Crippen LogP contribution is 2.16. The first-order valence-corrected chi connectivity index (χ1v) is 7.01. The number of aromatic nitrogens is 3. The Bertz CT molecular complexity index is 555. The molecule has 0 bridgehead atoms. The van der Waals surface area contributed by atoms with Gasteiger partial charge < -0.3 is 19.5 Å². The zero-order chi connectivity index (χ0) is 15.2. The fourth-order valence-corrected chi connectivity index (χ4v) is 1.75. The van der Waals surface area contributed by atoms with Crippen LogP contribution in [0.2, 0.25) is 0 Å². The molecule has 0 aliphatic heterocycles. The van der Waals surface area contributed by atoms with E-state index in [9.17, 15) is 0 Å². The molecular weight excluding hydrogens is 268 g/mol. The quantitative estimate of drug-likeness (QED) is 0.836. The topological polar surface area (TPSA) is 70.3 Å². The van der Waals surface area contributed by atoms with E-state index in [1.54, 1.807) is 6.26 Å². The van der Waals surface area contributed by atoms with Crippen molar-refractivity contribution < 1.29 is 4.42 Å². The first-order chi connectivity index (χ1) is 10.1. The van der Waals surface area contributed by atoms with E-state index in [1.165, 1.54) is 0 Å². The van der Waals surface area contributed by atoms with Crippen molar-refractivity contribution >= 4 is 17.8 Å². The predicted molar refractivity (Wildman–Crippen MR) is 83.7 cm³/mol. The molecule has 2 aromatic heterocycles. The molecule has 1 N–H and O–H groups in total. The van der Waals surface area contributed by atoms with Gasteiger partial charge in [0.1, 0.15) is 5.76 Å². The molecule has 0 fully saturated rings. The molecular formula is C14H22N6O. The molecule has 0 radical (unpaired) electrons. The summed E-state index contributed by atoms with van der Waals surface area (Å²) in [5.74, 6) is 2.71. The van der Waals surface area contributed by atoms with Crippen LogP contribution >= 0.6 is 0 Å². The molecule has 21 heavy (non-hydrogen) atoms. The van der Waals surface area contributed by atoms with Crippen molar-refractivity contribution in [3.8, 4) is 0 Å². The number of hydrogen-bond donors (Lipinski definition) is 1. The highest BCUT2D eigenvalue weighted by Gasteiger charge is 2.12. The maximum atomic E-state index is 5.36. The summed E-state index contributed by atoms with van der Waals surface area (Å²) in [6, 6.07) is 3.80. The molecule has 7 nitrogen and oxygen atoms in total. The van der Waals surface area contributed by atoms with Crippen molar-refractivity contribution in [3.05, 3.63) is 24.2 Å². The average Bonchev–Trinajstić information content (AvgIpc) is 2.97. The first kappa shape index (κ1) is 15.1. The van der Waals surface area contributed by atoms with Crippen LogP contribution < -0.4 is 15.1 Å². The van der Waals surface area contributed by atoms with Gasteiger partial charge in [-0.1, -0.05) is 6.92 Å². The molecule has 2 aromatic rings. The third-order valence-electron chi connectivity index (χ3n) is 2.86. The fourth-order valence-electron chi connectivity index (χ4n) is 1.75. The van der Waals surface area contributed by atoms with Gasteiger partial charge in [-0.25, -0.2) is 0 Å². The van der Waals surface area contributed by atoms with Crippen LogP contribution in [0.3, 0.4) is 0 Å². The summed E-state index contributed by atoms with van der Waals surface area (Å²) in [7, 11) is 5.76. The third-order valence-corrected chi connectivity index (χ3v) is 2.86. The summed E-state index contributed by atoms with van der Waals surface area (Å²) in [5.41, 5.74) is 0. The maximum absolute atomic E-state index is 5.36. The van der Waals surface area contributed by atoms with Gasteiger partial charge in [-0.2, -0.15) is 15.0 Å². The standard InChI is InChI=1S/C14H22N6O/c1-5-8-15-12-16-13(19(2)3)18-14(17-12)20(4)10-11-7-6-9-21-11/h6-7,9H,5,8,10H2,1-4H3,(H,15,16,17,18). The van der Waals surface area contributed by atoms with E-state index in [0.29, 0.717) is 24.4 Å². The summed E-state index contributed by atoms with van der Waals surface area (Å²) in [4.78, 5) is 17.1. The van der Waals surface area contributed by atoms with Crippen LogP contribution in [0.1, 0.15) is 19.1 Å². The van der Waals surface area contributed by atoms with E-state index < -0.39 is 0 Å². The Morgan fingerprint density at radius 1 is 1.14 bits per heavy atom. The number of hydrogen-bond acceptors (Lipinski definition) is 7. The van der Waals surface area contributed by atoms with Crippen molar-refractivity contribution in [2.75, 3.05) is 42.8 Å². The molecule has 0 aliphatic rings. The highest BCUT2D eigenvalue weighted by atomic mass is 16.3. The summed E-state index contributed by atoms with van der Waals surface area (Å²) < 4.78 is 5.36. The fraction of sp³-hybridized carbons (Fsp3) is 0.500. The molecule has 2 heterocycles.